The Kier molecular flexibility index (Phi) is 2.09. The van der Waals surface area contributed by atoms with Gasteiger partial charge in [-0.25, -0.2) is 9.78 Å². The van der Waals surface area contributed by atoms with E-state index < -0.39 is 5.63 Å². The van der Waals surface area contributed by atoms with Gasteiger partial charge in [0, 0.05) is 0 Å². The minimum absolute atomic E-state index is 0.0241. The van der Waals surface area contributed by atoms with Crippen LogP contribution in [0.15, 0.2) is 21.7 Å². The maximum Gasteiger partial charge on any atom is 0.348 e. The smallest absolute Gasteiger partial charge is 0.348 e. The minimum Gasteiger partial charge on any atom is -0.504 e. The number of halogens is 2. The van der Waals surface area contributed by atoms with Gasteiger partial charge < -0.3 is 9.52 Å². The highest BCUT2D eigenvalue weighted by Gasteiger charge is 2.13. The molecule has 1 aromatic heterocycles. The number of benzene rings is 1. The average molecular weight is 232 g/mol. The number of phenols is 1. The summed E-state index contributed by atoms with van der Waals surface area (Å²) in [6, 6.07) is 1.26. The minimum atomic E-state index is -0.660. The number of hydrogen-bond donors (Lipinski definition) is 1. The Morgan fingerprint density at radius 3 is 2.79 bits per heavy atom. The molecule has 1 heterocycles. The number of phenolic OH excluding ortho intramolecular Hbond substituents is 1. The first-order chi connectivity index (χ1) is 6.61. The summed E-state index contributed by atoms with van der Waals surface area (Å²) in [6.45, 7) is 0. The van der Waals surface area contributed by atoms with Crippen LogP contribution in [0.5, 0.6) is 5.75 Å². The lowest BCUT2D eigenvalue weighted by Crippen LogP contribution is -2.00. The number of nitrogens with zero attached hydrogens (tertiary/aromatic N) is 1. The van der Waals surface area contributed by atoms with Gasteiger partial charge in [-0.05, 0) is 6.07 Å². The highest BCUT2D eigenvalue weighted by Crippen LogP contribution is 2.33. The predicted molar refractivity (Wildman–Crippen MR) is 52.0 cm³/mol. The van der Waals surface area contributed by atoms with E-state index in [1.807, 2.05) is 0 Å². The molecule has 0 unspecified atom stereocenters. The maximum atomic E-state index is 11.2. The third-order valence-electron chi connectivity index (χ3n) is 1.73. The van der Waals surface area contributed by atoms with Crippen LogP contribution in [0.1, 0.15) is 0 Å². The van der Waals surface area contributed by atoms with Crippen molar-refractivity contribution in [2.75, 3.05) is 0 Å². The van der Waals surface area contributed by atoms with Crippen molar-refractivity contribution in [2.24, 2.45) is 0 Å². The Bertz CT molecular complexity index is 564. The third-order valence-corrected chi connectivity index (χ3v) is 2.31. The molecule has 0 bridgehead atoms. The largest absolute Gasteiger partial charge is 0.504 e. The monoisotopic (exact) mass is 231 g/mol. The number of rotatable bonds is 0. The summed E-state index contributed by atoms with van der Waals surface area (Å²) in [5.74, 6) is -0.279. The van der Waals surface area contributed by atoms with Crippen LogP contribution < -0.4 is 5.63 Å². The lowest BCUT2D eigenvalue weighted by Gasteiger charge is -2.01. The van der Waals surface area contributed by atoms with Crippen LogP contribution in [0.3, 0.4) is 0 Å². The fourth-order valence-electron chi connectivity index (χ4n) is 1.10. The fourth-order valence-corrected chi connectivity index (χ4v) is 1.63. The molecule has 0 aliphatic rings. The third kappa shape index (κ3) is 1.23. The molecule has 0 fully saturated rings. The number of aromatic hydroxyl groups is 1. The summed E-state index contributed by atoms with van der Waals surface area (Å²) in [5.41, 5.74) is -0.620. The first-order valence-corrected chi connectivity index (χ1v) is 4.31. The molecule has 4 nitrogen and oxygen atoms in total. The number of hydrogen-bond acceptors (Lipinski definition) is 4. The lowest BCUT2D eigenvalue weighted by atomic mass is 10.2. The van der Waals surface area contributed by atoms with Gasteiger partial charge in [0.1, 0.15) is 10.9 Å². The molecule has 0 atom stereocenters. The predicted octanol–water partition coefficient (Wildman–Crippen LogP) is 2.20. The average Bonchev–Trinajstić information content (AvgIpc) is 2.14. The summed E-state index contributed by atoms with van der Waals surface area (Å²) >= 11 is 11.4. The van der Waals surface area contributed by atoms with Crippen LogP contribution in [0, 0.1) is 0 Å². The van der Waals surface area contributed by atoms with Crippen LogP contribution in [0.2, 0.25) is 10.0 Å². The van der Waals surface area contributed by atoms with Crippen LogP contribution in [-0.4, -0.2) is 10.1 Å². The summed E-state index contributed by atoms with van der Waals surface area (Å²) < 4.78 is 4.51. The van der Waals surface area contributed by atoms with Crippen molar-refractivity contribution in [1.29, 1.82) is 0 Å². The molecule has 0 amide bonds. The van der Waals surface area contributed by atoms with Gasteiger partial charge in [0.25, 0.3) is 0 Å². The Balaban J connectivity index is 3.10. The van der Waals surface area contributed by atoms with Crippen LogP contribution >= 0.6 is 23.2 Å². The van der Waals surface area contributed by atoms with E-state index in [0.717, 1.165) is 6.39 Å². The van der Waals surface area contributed by atoms with Gasteiger partial charge in [-0.15, -0.1) is 0 Å². The van der Waals surface area contributed by atoms with E-state index in [1.165, 1.54) is 6.07 Å². The number of aromatic nitrogens is 1. The van der Waals surface area contributed by atoms with Crippen LogP contribution in [0.4, 0.5) is 0 Å². The van der Waals surface area contributed by atoms with Crippen molar-refractivity contribution in [3.63, 3.8) is 0 Å². The Morgan fingerprint density at radius 1 is 1.36 bits per heavy atom. The molecular weight excluding hydrogens is 229 g/mol. The SMILES string of the molecule is O=c1ocnc2c(O)c(Cl)cc(Cl)c12. The first kappa shape index (κ1) is 9.30. The highest BCUT2D eigenvalue weighted by atomic mass is 35.5. The second-order valence-electron chi connectivity index (χ2n) is 2.55. The van der Waals surface area contributed by atoms with E-state index in [9.17, 15) is 9.90 Å². The molecule has 0 saturated carbocycles. The summed E-state index contributed by atoms with van der Waals surface area (Å²) in [4.78, 5) is 14.9. The van der Waals surface area contributed by atoms with Crippen molar-refractivity contribution in [3.05, 3.63) is 32.9 Å². The van der Waals surface area contributed by atoms with Crippen molar-refractivity contribution in [2.45, 2.75) is 0 Å². The summed E-state index contributed by atoms with van der Waals surface area (Å²) in [5, 5.41) is 9.64. The molecule has 0 spiro atoms. The first-order valence-electron chi connectivity index (χ1n) is 3.55. The zero-order chi connectivity index (χ0) is 10.3. The molecule has 72 valence electrons. The molecule has 14 heavy (non-hydrogen) atoms. The van der Waals surface area contributed by atoms with E-state index in [0.29, 0.717) is 0 Å². The molecule has 0 radical (unpaired) electrons. The van der Waals surface area contributed by atoms with E-state index in [4.69, 9.17) is 23.2 Å². The molecule has 0 aliphatic carbocycles. The molecule has 2 aromatic rings. The Labute approximate surface area is 87.7 Å². The standard InChI is InChI=1S/C8H3Cl2NO3/c9-3-1-4(10)7(12)6-5(3)8(13)14-2-11-6/h1-2,12H. The van der Waals surface area contributed by atoms with Gasteiger partial charge in [0.05, 0.1) is 10.0 Å². The van der Waals surface area contributed by atoms with E-state index in [1.54, 1.807) is 0 Å². The van der Waals surface area contributed by atoms with Crippen molar-refractivity contribution < 1.29 is 9.52 Å². The van der Waals surface area contributed by atoms with Crippen molar-refractivity contribution in [3.8, 4) is 5.75 Å². The van der Waals surface area contributed by atoms with E-state index in [2.05, 4.69) is 9.40 Å². The van der Waals surface area contributed by atoms with Crippen molar-refractivity contribution in [1.82, 2.24) is 4.98 Å². The second-order valence-corrected chi connectivity index (χ2v) is 3.37. The van der Waals surface area contributed by atoms with Crippen LogP contribution in [-0.2, 0) is 0 Å². The topological polar surface area (TPSA) is 63.3 Å². The van der Waals surface area contributed by atoms with Gasteiger partial charge >= 0.3 is 5.63 Å². The molecule has 0 saturated heterocycles. The lowest BCUT2D eigenvalue weighted by molar-refractivity contribution is 0.473. The molecule has 1 N–H and O–H groups in total. The molecule has 2 rings (SSSR count). The quantitative estimate of drug-likeness (QED) is 0.756. The zero-order valence-electron chi connectivity index (χ0n) is 6.62. The maximum absolute atomic E-state index is 11.2. The number of fused-ring (bicyclic) bond motifs is 1. The zero-order valence-corrected chi connectivity index (χ0v) is 8.13. The molecule has 1 aromatic carbocycles. The Morgan fingerprint density at radius 2 is 2.07 bits per heavy atom. The van der Waals surface area contributed by atoms with Gasteiger partial charge in [0.2, 0.25) is 0 Å². The van der Waals surface area contributed by atoms with Gasteiger partial charge in [-0.2, -0.15) is 0 Å². The summed E-state index contributed by atoms with van der Waals surface area (Å²) in [6.07, 6.45) is 0.928. The van der Waals surface area contributed by atoms with Gasteiger partial charge in [-0.1, -0.05) is 23.2 Å². The molecule has 0 aliphatic heterocycles. The van der Waals surface area contributed by atoms with Crippen LogP contribution in [0.25, 0.3) is 10.9 Å². The molecular formula is C8H3Cl2NO3. The van der Waals surface area contributed by atoms with Crippen molar-refractivity contribution >= 4 is 34.1 Å². The van der Waals surface area contributed by atoms with E-state index in [-0.39, 0.29) is 26.7 Å². The molecule has 6 heteroatoms. The van der Waals surface area contributed by atoms with E-state index >= 15 is 0 Å². The normalized spacial score (nSPS) is 10.7. The summed E-state index contributed by atoms with van der Waals surface area (Å²) in [7, 11) is 0. The fraction of sp³-hybridized carbons (Fsp3) is 0. The van der Waals surface area contributed by atoms with Gasteiger partial charge in [-0.3, -0.25) is 0 Å². The second kappa shape index (κ2) is 3.15. The van der Waals surface area contributed by atoms with Gasteiger partial charge in [0.15, 0.2) is 12.1 Å². The Hall–Kier alpha value is -1.26. The highest BCUT2D eigenvalue weighted by molar-refractivity contribution is 6.39.